The SMILES string of the molecule is Cc1cc(C(C)(C)C)cc(C)c1CSC(C)CO. The number of aliphatic hydroxyl groups is 1. The Morgan fingerprint density at radius 2 is 1.67 bits per heavy atom. The lowest BCUT2D eigenvalue weighted by Crippen LogP contribution is -2.12. The summed E-state index contributed by atoms with van der Waals surface area (Å²) in [6.45, 7) is 13.5. The van der Waals surface area contributed by atoms with Crippen molar-refractivity contribution < 1.29 is 5.11 Å². The van der Waals surface area contributed by atoms with Gasteiger partial charge in [0.05, 0.1) is 6.61 Å². The second kappa shape index (κ2) is 6.12. The number of hydrogen-bond acceptors (Lipinski definition) is 2. The lowest BCUT2D eigenvalue weighted by atomic mass is 9.84. The summed E-state index contributed by atoms with van der Waals surface area (Å²) in [4.78, 5) is 0. The minimum atomic E-state index is 0.208. The first-order valence-electron chi connectivity index (χ1n) is 6.58. The molecule has 0 aliphatic rings. The van der Waals surface area contributed by atoms with E-state index >= 15 is 0 Å². The summed E-state index contributed by atoms with van der Waals surface area (Å²) < 4.78 is 0. The summed E-state index contributed by atoms with van der Waals surface area (Å²) >= 11 is 1.82. The van der Waals surface area contributed by atoms with Gasteiger partial charge in [0.15, 0.2) is 0 Å². The van der Waals surface area contributed by atoms with Gasteiger partial charge in [-0.3, -0.25) is 0 Å². The average Bonchev–Trinajstić information content (AvgIpc) is 2.26. The molecular weight excluding hydrogens is 240 g/mol. The first-order valence-corrected chi connectivity index (χ1v) is 7.63. The van der Waals surface area contributed by atoms with Crippen LogP contribution in [0.4, 0.5) is 0 Å². The summed E-state index contributed by atoms with van der Waals surface area (Å²) in [6, 6.07) is 4.62. The molecule has 1 atom stereocenters. The van der Waals surface area contributed by atoms with Crippen LogP contribution in [-0.2, 0) is 11.2 Å². The predicted octanol–water partition coefficient (Wildman–Crippen LogP) is 4.21. The van der Waals surface area contributed by atoms with E-state index in [1.165, 1.54) is 22.3 Å². The van der Waals surface area contributed by atoms with E-state index in [0.29, 0.717) is 5.25 Å². The van der Waals surface area contributed by atoms with Crippen molar-refractivity contribution in [1.82, 2.24) is 0 Å². The Morgan fingerprint density at radius 1 is 1.17 bits per heavy atom. The fraction of sp³-hybridized carbons (Fsp3) is 0.625. The van der Waals surface area contributed by atoms with E-state index in [1.54, 1.807) is 0 Å². The largest absolute Gasteiger partial charge is 0.395 e. The van der Waals surface area contributed by atoms with Crippen molar-refractivity contribution in [1.29, 1.82) is 0 Å². The number of thioether (sulfide) groups is 1. The molecule has 0 saturated heterocycles. The van der Waals surface area contributed by atoms with Gasteiger partial charge >= 0.3 is 0 Å². The third-order valence-electron chi connectivity index (χ3n) is 3.33. The zero-order chi connectivity index (χ0) is 13.9. The molecule has 0 amide bonds. The van der Waals surface area contributed by atoms with Crippen LogP contribution >= 0.6 is 11.8 Å². The second-order valence-corrected chi connectivity index (χ2v) is 7.57. The molecule has 2 heteroatoms. The minimum absolute atomic E-state index is 0.208. The summed E-state index contributed by atoms with van der Waals surface area (Å²) in [5.74, 6) is 0.990. The first-order chi connectivity index (χ1) is 8.25. The second-order valence-electron chi connectivity index (χ2n) is 6.14. The molecular formula is C16H26OS. The molecule has 0 aromatic heterocycles. The third-order valence-corrected chi connectivity index (χ3v) is 4.50. The highest BCUT2D eigenvalue weighted by Gasteiger charge is 2.16. The average molecular weight is 266 g/mol. The minimum Gasteiger partial charge on any atom is -0.395 e. The molecule has 1 aromatic rings. The maximum atomic E-state index is 9.08. The fourth-order valence-electron chi connectivity index (χ4n) is 1.93. The third kappa shape index (κ3) is 4.03. The lowest BCUT2D eigenvalue weighted by molar-refractivity contribution is 0.300. The van der Waals surface area contributed by atoms with Crippen LogP contribution in [0.5, 0.6) is 0 Å². The van der Waals surface area contributed by atoms with Crippen molar-refractivity contribution in [3.8, 4) is 0 Å². The highest BCUT2D eigenvalue weighted by atomic mass is 32.2. The van der Waals surface area contributed by atoms with E-state index < -0.39 is 0 Å². The summed E-state index contributed by atoms with van der Waals surface area (Å²) in [5.41, 5.74) is 5.78. The fourth-order valence-corrected chi connectivity index (χ4v) is 2.94. The van der Waals surface area contributed by atoms with Crippen molar-refractivity contribution in [3.05, 3.63) is 34.4 Å². The molecule has 0 radical (unpaired) electrons. The molecule has 1 aromatic carbocycles. The van der Waals surface area contributed by atoms with E-state index in [4.69, 9.17) is 5.11 Å². The van der Waals surface area contributed by atoms with Crippen molar-refractivity contribution >= 4 is 11.8 Å². The van der Waals surface area contributed by atoms with Crippen molar-refractivity contribution in [2.45, 2.75) is 58.0 Å². The Kier molecular flexibility index (Phi) is 5.30. The van der Waals surface area contributed by atoms with Gasteiger partial charge in [-0.15, -0.1) is 0 Å². The molecule has 0 fully saturated rings. The summed E-state index contributed by atoms with van der Waals surface area (Å²) in [6.07, 6.45) is 0. The molecule has 0 bridgehead atoms. The van der Waals surface area contributed by atoms with Gasteiger partial charge in [-0.1, -0.05) is 39.8 Å². The Labute approximate surface area is 116 Å². The number of benzene rings is 1. The number of hydrogen-bond donors (Lipinski definition) is 1. The molecule has 1 rings (SSSR count). The van der Waals surface area contributed by atoms with Crippen LogP contribution in [-0.4, -0.2) is 17.0 Å². The van der Waals surface area contributed by atoms with Crippen LogP contribution < -0.4 is 0 Å². The maximum absolute atomic E-state index is 9.08. The molecule has 1 N–H and O–H groups in total. The van der Waals surface area contributed by atoms with Gasteiger partial charge in [-0.2, -0.15) is 11.8 Å². The lowest BCUT2D eigenvalue weighted by Gasteiger charge is -2.22. The molecule has 0 spiro atoms. The molecule has 0 aliphatic carbocycles. The Hall–Kier alpha value is -0.470. The zero-order valence-corrected chi connectivity index (χ0v) is 13.3. The van der Waals surface area contributed by atoms with Gasteiger partial charge in [0.2, 0.25) is 0 Å². The van der Waals surface area contributed by atoms with E-state index in [9.17, 15) is 0 Å². The Balaban J connectivity index is 2.95. The van der Waals surface area contributed by atoms with Gasteiger partial charge in [0.25, 0.3) is 0 Å². The van der Waals surface area contributed by atoms with Crippen LogP contribution in [0.25, 0.3) is 0 Å². The zero-order valence-electron chi connectivity index (χ0n) is 12.5. The highest BCUT2D eigenvalue weighted by Crippen LogP contribution is 2.29. The number of rotatable bonds is 4. The quantitative estimate of drug-likeness (QED) is 0.880. The Morgan fingerprint density at radius 3 is 2.06 bits per heavy atom. The summed E-state index contributed by atoms with van der Waals surface area (Å²) in [5, 5.41) is 9.39. The molecule has 1 nitrogen and oxygen atoms in total. The van der Waals surface area contributed by atoms with E-state index in [0.717, 1.165) is 5.75 Å². The maximum Gasteiger partial charge on any atom is 0.0547 e. The van der Waals surface area contributed by atoms with Gasteiger partial charge < -0.3 is 5.11 Å². The van der Waals surface area contributed by atoms with Crippen molar-refractivity contribution in [2.75, 3.05) is 6.61 Å². The van der Waals surface area contributed by atoms with Crippen molar-refractivity contribution in [2.24, 2.45) is 0 Å². The van der Waals surface area contributed by atoms with E-state index in [1.807, 2.05) is 11.8 Å². The van der Waals surface area contributed by atoms with Crippen LogP contribution in [0.1, 0.15) is 49.9 Å². The van der Waals surface area contributed by atoms with Gasteiger partial charge in [-0.25, -0.2) is 0 Å². The molecule has 18 heavy (non-hydrogen) atoms. The van der Waals surface area contributed by atoms with Gasteiger partial charge in [0.1, 0.15) is 0 Å². The normalized spacial score (nSPS) is 13.7. The monoisotopic (exact) mass is 266 g/mol. The van der Waals surface area contributed by atoms with Gasteiger partial charge in [-0.05, 0) is 41.5 Å². The molecule has 0 heterocycles. The molecule has 0 aliphatic heterocycles. The Bertz CT molecular complexity index is 381. The van der Waals surface area contributed by atoms with Crippen LogP contribution in [0.2, 0.25) is 0 Å². The van der Waals surface area contributed by atoms with Crippen LogP contribution in [0, 0.1) is 13.8 Å². The molecule has 0 saturated carbocycles. The topological polar surface area (TPSA) is 20.2 Å². The van der Waals surface area contributed by atoms with Crippen molar-refractivity contribution in [3.63, 3.8) is 0 Å². The molecule has 1 unspecified atom stereocenters. The van der Waals surface area contributed by atoms with Crippen LogP contribution in [0.3, 0.4) is 0 Å². The summed E-state index contributed by atoms with van der Waals surface area (Å²) in [7, 11) is 0. The van der Waals surface area contributed by atoms with Gasteiger partial charge in [0, 0.05) is 11.0 Å². The first kappa shape index (κ1) is 15.6. The predicted molar refractivity (Wildman–Crippen MR) is 82.5 cm³/mol. The highest BCUT2D eigenvalue weighted by molar-refractivity contribution is 7.99. The van der Waals surface area contributed by atoms with Crippen LogP contribution in [0.15, 0.2) is 12.1 Å². The standard InChI is InChI=1S/C16H26OS/c1-11-7-14(16(4,5)6)8-12(2)15(11)10-18-13(3)9-17/h7-8,13,17H,9-10H2,1-6H3. The smallest absolute Gasteiger partial charge is 0.0547 e. The molecule has 102 valence electrons. The van der Waals surface area contributed by atoms with E-state index in [2.05, 4.69) is 53.7 Å². The van der Waals surface area contributed by atoms with E-state index in [-0.39, 0.29) is 12.0 Å². The number of aliphatic hydroxyl groups excluding tert-OH is 1. The number of aryl methyl sites for hydroxylation is 2.